The molecule has 0 aliphatic rings. The highest BCUT2D eigenvalue weighted by Gasteiger charge is 2.35. The molecule has 286 valence electrons. The van der Waals surface area contributed by atoms with E-state index in [4.69, 9.17) is 0 Å². The molecule has 0 aromatic heterocycles. The van der Waals surface area contributed by atoms with Crippen LogP contribution >= 0.6 is 0 Å². The number of carbonyl (C=O) groups is 5. The van der Waals surface area contributed by atoms with Crippen molar-refractivity contribution in [2.75, 3.05) is 14.1 Å². The van der Waals surface area contributed by atoms with Crippen molar-refractivity contribution in [2.45, 2.75) is 108 Å². The molecule has 2 aromatic rings. The topological polar surface area (TPSA) is 195 Å². The van der Waals surface area contributed by atoms with Gasteiger partial charge in [-0.05, 0) is 54.5 Å². The second-order valence-corrected chi connectivity index (χ2v) is 15.4. The van der Waals surface area contributed by atoms with Crippen LogP contribution in [0.4, 0.5) is 0 Å². The minimum Gasteiger partial charge on any atom is -0.481 e. The molecule has 0 radical (unpaired) electrons. The van der Waals surface area contributed by atoms with Crippen molar-refractivity contribution in [1.82, 2.24) is 9.62 Å². The number of carbonyl (C=O) groups excluding carboxylic acids is 2. The fourth-order valence-electron chi connectivity index (χ4n) is 5.76. The molecule has 3 atom stereocenters. The van der Waals surface area contributed by atoms with E-state index in [1.807, 2.05) is 0 Å². The summed E-state index contributed by atoms with van der Waals surface area (Å²) in [6.07, 6.45) is 12.4. The lowest BCUT2D eigenvalue weighted by molar-refractivity contribution is -0.152. The largest absolute Gasteiger partial charge is 0.481 e. The number of carboxylic acids is 3. The second-order valence-electron chi connectivity index (χ2n) is 13.3. The van der Waals surface area contributed by atoms with Crippen molar-refractivity contribution < 1.29 is 47.7 Å². The molecule has 0 unspecified atom stereocenters. The molecule has 0 aliphatic heterocycles. The Kier molecular flexibility index (Phi) is 19.0. The lowest BCUT2D eigenvalue weighted by Gasteiger charge is -2.22. The van der Waals surface area contributed by atoms with Crippen molar-refractivity contribution in [2.24, 2.45) is 11.8 Å². The second kappa shape index (κ2) is 22.5. The zero-order chi connectivity index (χ0) is 38.7. The van der Waals surface area contributed by atoms with Crippen molar-refractivity contribution in [1.29, 1.82) is 0 Å². The summed E-state index contributed by atoms with van der Waals surface area (Å²) in [7, 11) is -0.699. The molecule has 0 spiro atoms. The summed E-state index contributed by atoms with van der Waals surface area (Å²) in [5.41, 5.74) is 2.04. The number of hydrogen-bond acceptors (Lipinski definition) is 7. The maximum atomic E-state index is 13.4. The quantitative estimate of drug-likeness (QED) is 0.0624. The van der Waals surface area contributed by atoms with Gasteiger partial charge in [0, 0.05) is 33.4 Å². The number of rotatable bonds is 26. The zero-order valence-corrected chi connectivity index (χ0v) is 31.3. The summed E-state index contributed by atoms with van der Waals surface area (Å²) >= 11 is 0. The van der Waals surface area contributed by atoms with Gasteiger partial charge in [-0.3, -0.25) is 19.2 Å². The van der Waals surface area contributed by atoms with Crippen LogP contribution in [-0.4, -0.2) is 77.8 Å². The summed E-state index contributed by atoms with van der Waals surface area (Å²) in [5.74, 6) is -7.91. The first-order valence-corrected chi connectivity index (χ1v) is 19.4. The van der Waals surface area contributed by atoms with Gasteiger partial charge in [-0.1, -0.05) is 94.0 Å². The van der Waals surface area contributed by atoms with Crippen LogP contribution in [0, 0.1) is 11.8 Å². The van der Waals surface area contributed by atoms with Crippen LogP contribution in [0.2, 0.25) is 0 Å². The van der Waals surface area contributed by atoms with E-state index in [0.29, 0.717) is 24.8 Å². The van der Waals surface area contributed by atoms with Gasteiger partial charge in [0.2, 0.25) is 15.9 Å². The fraction of sp³-hybridized carbons (Fsp3) is 0.513. The third kappa shape index (κ3) is 15.1. The van der Waals surface area contributed by atoms with Gasteiger partial charge in [-0.15, -0.1) is 0 Å². The van der Waals surface area contributed by atoms with E-state index in [-0.39, 0.29) is 17.1 Å². The highest BCUT2D eigenvalue weighted by atomic mass is 32.2. The molecule has 12 nitrogen and oxygen atoms in total. The van der Waals surface area contributed by atoms with Crippen molar-refractivity contribution in [3.8, 4) is 11.1 Å². The number of ketones is 1. The van der Waals surface area contributed by atoms with Gasteiger partial charge in [0.25, 0.3) is 0 Å². The summed E-state index contributed by atoms with van der Waals surface area (Å²) in [4.78, 5) is 61.4. The van der Waals surface area contributed by atoms with E-state index < -0.39 is 58.1 Å². The van der Waals surface area contributed by atoms with E-state index in [2.05, 4.69) is 12.2 Å². The number of Topliss-reactive ketones (excluding diaryl/α,β-unsaturated/α-hetero) is 1. The summed E-state index contributed by atoms with van der Waals surface area (Å²) in [6.45, 7) is 2.15. The Hall–Kier alpha value is -4.36. The molecule has 52 heavy (non-hydrogen) atoms. The molecule has 2 aromatic carbocycles. The smallest absolute Gasteiger partial charge is 0.326 e. The van der Waals surface area contributed by atoms with Gasteiger partial charge in [0.1, 0.15) is 11.8 Å². The number of nitrogens with zero attached hydrogens (tertiary/aromatic N) is 1. The van der Waals surface area contributed by atoms with Gasteiger partial charge in [0.05, 0.1) is 23.2 Å². The maximum absolute atomic E-state index is 13.4. The molecular weight excluding hydrogens is 689 g/mol. The van der Waals surface area contributed by atoms with E-state index >= 15 is 0 Å². The number of carboxylic acid groups (broad SMARTS) is 3. The number of hydrogen-bond donors (Lipinski definition) is 4. The lowest BCUT2D eigenvalue weighted by atomic mass is 9.87. The Morgan fingerprint density at radius 1 is 0.750 bits per heavy atom. The Labute approximate surface area is 307 Å². The van der Waals surface area contributed by atoms with Crippen LogP contribution in [0.3, 0.4) is 0 Å². The maximum Gasteiger partial charge on any atom is 0.326 e. The molecule has 2 rings (SSSR count). The molecule has 0 saturated heterocycles. The zero-order valence-electron chi connectivity index (χ0n) is 30.5. The highest BCUT2D eigenvalue weighted by molar-refractivity contribution is 7.89. The van der Waals surface area contributed by atoms with Crippen LogP contribution in [0.5, 0.6) is 0 Å². The van der Waals surface area contributed by atoms with Gasteiger partial charge in [-0.25, -0.2) is 17.5 Å². The first-order valence-electron chi connectivity index (χ1n) is 17.9. The van der Waals surface area contributed by atoms with E-state index in [1.54, 1.807) is 42.5 Å². The van der Waals surface area contributed by atoms with Crippen molar-refractivity contribution in [3.63, 3.8) is 0 Å². The monoisotopic (exact) mass is 742 g/mol. The molecule has 4 N–H and O–H groups in total. The Morgan fingerprint density at radius 3 is 1.79 bits per heavy atom. The fourth-order valence-corrected chi connectivity index (χ4v) is 6.66. The van der Waals surface area contributed by atoms with Gasteiger partial charge < -0.3 is 20.6 Å². The van der Waals surface area contributed by atoms with Crippen LogP contribution < -0.4 is 5.32 Å². The van der Waals surface area contributed by atoms with Crippen LogP contribution in [-0.2, 0) is 40.4 Å². The summed E-state index contributed by atoms with van der Waals surface area (Å²) < 4.78 is 25.9. The minimum atomic E-state index is -3.59. The Morgan fingerprint density at radius 2 is 1.29 bits per heavy atom. The molecule has 0 saturated carbocycles. The molecule has 13 heteroatoms. The number of amides is 1. The standard InChI is InChI=1S/C39H54N2O10S/c1-4-5-6-9-12-15-31(42)16-13-10-7-8-11-14-17-33(34(38(46)47)27-36(43)44)37(45)40-35(39(48)49)26-28-18-20-29(21-19-28)30-22-24-32(25-23-30)52(50,51)41(2)3/h14,17-25,33-35H,4-13,15-16,26-27H2,1-3H3,(H,40,45)(H,43,44)(H,46,47)(H,48,49)/b17-14+/t33-,34+,35-/m0/s1. The normalized spacial score (nSPS) is 13.5. The van der Waals surface area contributed by atoms with Gasteiger partial charge in [-0.2, -0.15) is 0 Å². The SMILES string of the molecule is CCCCCCCC(=O)CCCCCC/C=C/[C@H](C(=O)N[C@@H](Cc1ccc(-c2ccc(S(=O)(=O)N(C)C)cc2)cc1)C(=O)O)[C@@H](CC(=O)O)C(=O)O. The first kappa shape index (κ1) is 43.8. The number of nitrogens with one attached hydrogen (secondary N) is 1. The van der Waals surface area contributed by atoms with E-state index in [9.17, 15) is 47.7 Å². The lowest BCUT2D eigenvalue weighted by Crippen LogP contribution is -2.47. The van der Waals surface area contributed by atoms with E-state index in [0.717, 1.165) is 66.8 Å². The third-order valence-corrected chi connectivity index (χ3v) is 10.7. The molecule has 1 amide bonds. The summed E-state index contributed by atoms with van der Waals surface area (Å²) in [6, 6.07) is 11.7. The van der Waals surface area contributed by atoms with Crippen LogP contribution in [0.15, 0.2) is 65.6 Å². The van der Waals surface area contributed by atoms with Crippen LogP contribution in [0.1, 0.15) is 96.0 Å². The molecular formula is C39H54N2O10S. The predicted octanol–water partition coefficient (Wildman–Crippen LogP) is 6.33. The van der Waals surface area contributed by atoms with Crippen LogP contribution in [0.25, 0.3) is 11.1 Å². The molecule has 0 bridgehead atoms. The van der Waals surface area contributed by atoms with Gasteiger partial charge in [0.15, 0.2) is 0 Å². The number of unbranched alkanes of at least 4 members (excludes halogenated alkanes) is 8. The van der Waals surface area contributed by atoms with Crippen molar-refractivity contribution >= 4 is 39.6 Å². The average Bonchev–Trinajstić information content (AvgIpc) is 3.09. The number of allylic oxidation sites excluding steroid dienone is 1. The average molecular weight is 743 g/mol. The third-order valence-electron chi connectivity index (χ3n) is 8.90. The highest BCUT2D eigenvalue weighted by Crippen LogP contribution is 2.24. The Balaban J connectivity index is 2.03. The Bertz CT molecular complexity index is 1600. The molecule has 0 heterocycles. The van der Waals surface area contributed by atoms with E-state index in [1.165, 1.54) is 38.7 Å². The van der Waals surface area contributed by atoms with Crippen molar-refractivity contribution in [3.05, 3.63) is 66.2 Å². The molecule has 0 aliphatic carbocycles. The first-order chi connectivity index (χ1) is 24.7. The minimum absolute atomic E-state index is 0.129. The number of benzene rings is 2. The van der Waals surface area contributed by atoms with Gasteiger partial charge >= 0.3 is 17.9 Å². The number of aliphatic carboxylic acids is 3. The predicted molar refractivity (Wildman–Crippen MR) is 198 cm³/mol. The molecule has 0 fully saturated rings. The number of sulfonamides is 1. The summed E-state index contributed by atoms with van der Waals surface area (Å²) in [5, 5.41) is 31.5.